The van der Waals surface area contributed by atoms with Crippen LogP contribution >= 0.6 is 0 Å². The average Bonchev–Trinajstić information content (AvgIpc) is 3.84. The van der Waals surface area contributed by atoms with E-state index in [-0.39, 0.29) is 6.61 Å². The van der Waals surface area contributed by atoms with Crippen LogP contribution in [-0.4, -0.2) is 222 Å². The quantitative estimate of drug-likeness (QED) is 0.0455. The fourth-order valence-corrected chi connectivity index (χ4v) is 6.79. The van der Waals surface area contributed by atoms with E-state index in [0.29, 0.717) is 6.42 Å². The molecule has 0 amide bonds. The molecule has 0 spiro atoms. The van der Waals surface area contributed by atoms with E-state index < -0.39 is 149 Å². The van der Waals surface area contributed by atoms with Gasteiger partial charge >= 0.3 is 0 Å². The van der Waals surface area contributed by atoms with Gasteiger partial charge in [0.2, 0.25) is 0 Å². The Morgan fingerprint density at radius 1 is 0.434 bits per heavy atom. The summed E-state index contributed by atoms with van der Waals surface area (Å²) in [6.45, 7) is -1.17. The Kier molecular flexibility index (Phi) is 17.8. The molecule has 21 nitrogen and oxygen atoms in total. The summed E-state index contributed by atoms with van der Waals surface area (Å²) in [5.74, 6) is 0. The first-order chi connectivity index (χ1) is 25.3. The highest BCUT2D eigenvalue weighted by Gasteiger charge is 2.58. The van der Waals surface area contributed by atoms with Gasteiger partial charge in [-0.2, -0.15) is 0 Å². The fraction of sp³-hybridized carbons (Fsp3) is 1.00. The molecular formula is C32H58O21. The molecule has 4 aliphatic heterocycles. The van der Waals surface area contributed by atoms with Gasteiger partial charge in [-0.1, -0.05) is 39.0 Å². The third kappa shape index (κ3) is 10.6. The van der Waals surface area contributed by atoms with Crippen LogP contribution in [0.15, 0.2) is 0 Å². The molecule has 0 saturated carbocycles. The van der Waals surface area contributed by atoms with E-state index in [2.05, 4.69) is 6.92 Å². The predicted molar refractivity (Wildman–Crippen MR) is 171 cm³/mol. The largest absolute Gasteiger partial charge is 0.394 e. The van der Waals surface area contributed by atoms with E-state index in [9.17, 15) is 66.4 Å². The third-order valence-corrected chi connectivity index (χ3v) is 9.87. The fourth-order valence-electron chi connectivity index (χ4n) is 6.79. The molecule has 312 valence electrons. The van der Waals surface area contributed by atoms with Gasteiger partial charge in [0.05, 0.1) is 26.4 Å². The van der Waals surface area contributed by atoms with Gasteiger partial charge in [-0.25, -0.2) is 0 Å². The van der Waals surface area contributed by atoms with E-state index in [1.54, 1.807) is 0 Å². The highest BCUT2D eigenvalue weighted by atomic mass is 16.8. The first-order valence-electron chi connectivity index (χ1n) is 18.1. The molecule has 4 aliphatic rings. The standard InChI is InChI=1S/C32H58O21/c1-2-3-4-5-6-7-8-46-30-26(19(43)23(48-30)14(38)10-34)52-32-28(21(45)25(50-32)16(40)12-36)53-31-27(20(44)24(49-31)15(39)11-35)51-29-18(42)17(41)22(47-29)13(37)9-33/h13-45H,2-12H2,1H3/t13-,14+,15-,16-,17+,18+,19-,20-,21+,22-,23-,24-,25+,26+,27+,28-,29-,30+,31-,32+/m0/s1. The van der Waals surface area contributed by atoms with Crippen LogP contribution in [0, 0.1) is 0 Å². The first kappa shape index (κ1) is 44.9. The second-order valence-electron chi connectivity index (χ2n) is 13.8. The monoisotopic (exact) mass is 778 g/mol. The SMILES string of the molecule is CCCCCCCCO[C@@H]1O[C@@H]([C@H](O)CO)[C@H](O)[C@H]1O[C@H]1O[C@H]([C@@H](O)CO)[C@@H](O)[C@@H]1O[C@@H]1O[C@@H]([C@@H](O)CO)[C@H](O)[C@H]1O[C@@H]1O[C@@H]([C@@H](O)CO)[C@H](O)[C@H]1O. The molecule has 4 rings (SSSR count). The van der Waals surface area contributed by atoms with Crippen LogP contribution in [0.2, 0.25) is 0 Å². The molecule has 4 fully saturated rings. The molecule has 4 heterocycles. The summed E-state index contributed by atoms with van der Waals surface area (Å²) in [6, 6.07) is 0. The zero-order valence-electron chi connectivity index (χ0n) is 29.4. The van der Waals surface area contributed by atoms with E-state index in [4.69, 9.17) is 37.9 Å². The predicted octanol–water partition coefficient (Wildman–Crippen LogP) is -6.36. The number of hydrogen-bond donors (Lipinski definition) is 13. The van der Waals surface area contributed by atoms with Gasteiger partial charge in [-0.05, 0) is 6.42 Å². The Labute approximate surface area is 305 Å². The zero-order chi connectivity index (χ0) is 39.0. The van der Waals surface area contributed by atoms with Crippen LogP contribution in [0.3, 0.4) is 0 Å². The minimum Gasteiger partial charge on any atom is -0.394 e. The lowest BCUT2D eigenvalue weighted by Gasteiger charge is -2.31. The van der Waals surface area contributed by atoms with Crippen LogP contribution in [0.5, 0.6) is 0 Å². The van der Waals surface area contributed by atoms with E-state index in [1.807, 2.05) is 0 Å². The van der Waals surface area contributed by atoms with Gasteiger partial charge in [0.25, 0.3) is 0 Å². The molecule has 0 aromatic carbocycles. The van der Waals surface area contributed by atoms with Crippen molar-refractivity contribution in [3.8, 4) is 0 Å². The van der Waals surface area contributed by atoms with Crippen molar-refractivity contribution in [3.05, 3.63) is 0 Å². The smallest absolute Gasteiger partial charge is 0.187 e. The van der Waals surface area contributed by atoms with Crippen molar-refractivity contribution in [2.45, 2.75) is 168 Å². The van der Waals surface area contributed by atoms with Crippen molar-refractivity contribution in [1.82, 2.24) is 0 Å². The minimum absolute atomic E-state index is 0.159. The highest BCUT2D eigenvalue weighted by molar-refractivity contribution is 4.99. The Bertz CT molecular complexity index is 1050. The van der Waals surface area contributed by atoms with Gasteiger partial charge in [-0.3, -0.25) is 0 Å². The maximum atomic E-state index is 11.3. The molecule has 21 heteroatoms. The van der Waals surface area contributed by atoms with Crippen LogP contribution in [0.25, 0.3) is 0 Å². The summed E-state index contributed by atoms with van der Waals surface area (Å²) in [6.07, 6.45) is -27.6. The maximum Gasteiger partial charge on any atom is 0.187 e. The number of hydrogen-bond acceptors (Lipinski definition) is 21. The molecule has 0 bridgehead atoms. The van der Waals surface area contributed by atoms with Crippen molar-refractivity contribution >= 4 is 0 Å². The first-order valence-corrected chi connectivity index (χ1v) is 18.1. The third-order valence-electron chi connectivity index (χ3n) is 9.87. The summed E-state index contributed by atoms with van der Waals surface area (Å²) >= 11 is 0. The van der Waals surface area contributed by atoms with E-state index in [0.717, 1.165) is 32.1 Å². The lowest BCUT2D eigenvalue weighted by Crippen LogP contribution is -2.49. The maximum absolute atomic E-state index is 11.3. The van der Waals surface area contributed by atoms with Crippen molar-refractivity contribution in [1.29, 1.82) is 0 Å². The van der Waals surface area contributed by atoms with Gasteiger partial charge in [0.1, 0.15) is 97.7 Å². The van der Waals surface area contributed by atoms with Gasteiger partial charge in [-0.15, -0.1) is 0 Å². The Hall–Kier alpha value is -0.840. The minimum atomic E-state index is -1.84. The summed E-state index contributed by atoms with van der Waals surface area (Å²) in [4.78, 5) is 0. The topological polar surface area (TPSA) is 337 Å². The Morgan fingerprint density at radius 3 is 1.21 bits per heavy atom. The normalized spacial score (nSPS) is 42.7. The molecule has 0 aliphatic carbocycles. The molecular weight excluding hydrogens is 720 g/mol. The summed E-state index contributed by atoms with van der Waals surface area (Å²) < 4.78 is 46.1. The van der Waals surface area contributed by atoms with Crippen molar-refractivity contribution in [2.24, 2.45) is 0 Å². The number of aliphatic hydroxyl groups is 13. The molecule has 4 saturated heterocycles. The van der Waals surface area contributed by atoms with E-state index in [1.165, 1.54) is 0 Å². The van der Waals surface area contributed by atoms with Crippen LogP contribution < -0.4 is 0 Å². The summed E-state index contributed by atoms with van der Waals surface area (Å²) in [5.41, 5.74) is 0. The van der Waals surface area contributed by atoms with Crippen LogP contribution in [-0.2, 0) is 37.9 Å². The number of aliphatic hydroxyl groups excluding tert-OH is 13. The summed E-state index contributed by atoms with van der Waals surface area (Å²) in [5, 5.41) is 134. The number of unbranched alkanes of at least 4 members (excludes halogenated alkanes) is 5. The Balaban J connectivity index is 1.56. The molecule has 20 atom stereocenters. The molecule has 13 N–H and O–H groups in total. The van der Waals surface area contributed by atoms with E-state index >= 15 is 0 Å². The molecule has 0 aromatic rings. The summed E-state index contributed by atoms with van der Waals surface area (Å²) in [7, 11) is 0. The lowest BCUT2D eigenvalue weighted by molar-refractivity contribution is -0.293. The second kappa shape index (κ2) is 21.1. The second-order valence-corrected chi connectivity index (χ2v) is 13.8. The van der Waals surface area contributed by atoms with Crippen molar-refractivity contribution in [2.75, 3.05) is 33.0 Å². The molecule has 0 unspecified atom stereocenters. The van der Waals surface area contributed by atoms with Crippen LogP contribution in [0.1, 0.15) is 45.4 Å². The van der Waals surface area contributed by atoms with Gasteiger partial charge in [0.15, 0.2) is 25.2 Å². The lowest BCUT2D eigenvalue weighted by atomic mass is 10.0. The van der Waals surface area contributed by atoms with Crippen molar-refractivity contribution in [3.63, 3.8) is 0 Å². The van der Waals surface area contributed by atoms with Crippen LogP contribution in [0.4, 0.5) is 0 Å². The van der Waals surface area contributed by atoms with Gasteiger partial charge in [0, 0.05) is 6.61 Å². The molecule has 0 radical (unpaired) electrons. The van der Waals surface area contributed by atoms with Gasteiger partial charge < -0.3 is 104 Å². The molecule has 0 aromatic heterocycles. The molecule has 53 heavy (non-hydrogen) atoms. The highest BCUT2D eigenvalue weighted by Crippen LogP contribution is 2.38. The zero-order valence-corrected chi connectivity index (χ0v) is 29.4. The Morgan fingerprint density at radius 2 is 0.774 bits per heavy atom. The number of ether oxygens (including phenoxy) is 8. The number of rotatable bonds is 22. The van der Waals surface area contributed by atoms with Crippen molar-refractivity contribution < 1.29 is 104 Å². The average molecular weight is 779 g/mol.